The number of benzene rings is 1. The van der Waals surface area contributed by atoms with E-state index in [-0.39, 0.29) is 6.54 Å². The van der Waals surface area contributed by atoms with Gasteiger partial charge in [0.15, 0.2) is 0 Å². The molecule has 8 nitrogen and oxygen atoms in total. The van der Waals surface area contributed by atoms with E-state index in [2.05, 4.69) is 5.32 Å². The summed E-state index contributed by atoms with van der Waals surface area (Å²) in [5.74, 6) is -1.69. The molecule has 2 N–H and O–H groups in total. The summed E-state index contributed by atoms with van der Waals surface area (Å²) in [6.45, 7) is -0.799. The number of aliphatic hydroxyl groups excluding tert-OH is 1. The number of nitro benzene ring substituents is 1. The van der Waals surface area contributed by atoms with Crippen LogP contribution in [0.1, 0.15) is 5.56 Å². The molecule has 0 bridgehead atoms. The zero-order valence-electron chi connectivity index (χ0n) is 11.8. The number of nitro groups is 1. The Kier molecular flexibility index (Phi) is 4.55. The van der Waals surface area contributed by atoms with Gasteiger partial charge >= 0.3 is 6.18 Å². The Morgan fingerprint density at radius 2 is 1.96 bits per heavy atom. The Hall–Kier alpha value is -2.95. The normalized spacial score (nSPS) is 14.8. The van der Waals surface area contributed by atoms with Gasteiger partial charge in [0.1, 0.15) is 11.4 Å². The van der Waals surface area contributed by atoms with Crippen molar-refractivity contribution in [1.29, 1.82) is 0 Å². The lowest BCUT2D eigenvalue weighted by Crippen LogP contribution is -2.34. The lowest BCUT2D eigenvalue weighted by atomic mass is 10.1. The van der Waals surface area contributed by atoms with Crippen LogP contribution in [0.4, 0.5) is 24.5 Å². The summed E-state index contributed by atoms with van der Waals surface area (Å²) in [6.07, 6.45) is -3.94. The first-order valence-corrected chi connectivity index (χ1v) is 6.46. The average molecular weight is 345 g/mol. The summed E-state index contributed by atoms with van der Waals surface area (Å²) in [4.78, 5) is 34.2. The molecule has 0 aromatic heterocycles. The van der Waals surface area contributed by atoms with Crippen molar-refractivity contribution < 1.29 is 32.8 Å². The Morgan fingerprint density at radius 1 is 1.29 bits per heavy atom. The van der Waals surface area contributed by atoms with Crippen molar-refractivity contribution in [1.82, 2.24) is 4.90 Å². The molecule has 0 atom stereocenters. The summed E-state index contributed by atoms with van der Waals surface area (Å²) < 4.78 is 38.2. The van der Waals surface area contributed by atoms with Crippen molar-refractivity contribution >= 4 is 23.2 Å². The molecule has 0 spiro atoms. The summed E-state index contributed by atoms with van der Waals surface area (Å²) in [6, 6.07) is 1.67. The third kappa shape index (κ3) is 3.35. The summed E-state index contributed by atoms with van der Waals surface area (Å²) in [5.41, 5.74) is -2.84. The zero-order valence-corrected chi connectivity index (χ0v) is 11.8. The quantitative estimate of drug-likeness (QED) is 0.472. The van der Waals surface area contributed by atoms with Crippen LogP contribution in [-0.2, 0) is 15.8 Å². The minimum absolute atomic E-state index is 0.302. The second kappa shape index (κ2) is 6.28. The van der Waals surface area contributed by atoms with Crippen molar-refractivity contribution in [3.8, 4) is 0 Å². The lowest BCUT2D eigenvalue weighted by molar-refractivity contribution is -0.384. The van der Waals surface area contributed by atoms with Crippen molar-refractivity contribution in [2.45, 2.75) is 6.18 Å². The van der Waals surface area contributed by atoms with E-state index in [1.807, 2.05) is 0 Å². The smallest absolute Gasteiger partial charge is 0.395 e. The number of alkyl halides is 3. The molecule has 1 heterocycles. The summed E-state index contributed by atoms with van der Waals surface area (Å²) in [7, 11) is 0. The standard InChI is InChI=1S/C13H10F3N3O5/c14-13(15,16)7-1-2-10(19(23)24)8(5-7)17-9-6-11(21)18(3-4-20)12(9)22/h1-2,5-6,17,20H,3-4H2. The number of rotatable bonds is 5. The van der Waals surface area contributed by atoms with Gasteiger partial charge in [0, 0.05) is 12.1 Å². The van der Waals surface area contributed by atoms with Crippen LogP contribution in [0.2, 0.25) is 0 Å². The zero-order chi connectivity index (χ0) is 18.1. The second-order valence-electron chi connectivity index (χ2n) is 4.69. The lowest BCUT2D eigenvalue weighted by Gasteiger charge is -2.14. The van der Waals surface area contributed by atoms with Gasteiger partial charge in [0.25, 0.3) is 17.5 Å². The number of β-amino-alcohol motifs (C(OH)–C–C–N with tert-alkyl or cyclic N) is 1. The molecule has 0 fully saturated rings. The molecule has 2 rings (SSSR count). The highest BCUT2D eigenvalue weighted by Gasteiger charge is 2.35. The van der Waals surface area contributed by atoms with Crippen LogP contribution in [0, 0.1) is 10.1 Å². The molecule has 0 aliphatic carbocycles. The SMILES string of the molecule is O=C1C=C(Nc2cc(C(F)(F)F)ccc2[N+](=O)[O-])C(=O)N1CCO. The summed E-state index contributed by atoms with van der Waals surface area (Å²) in [5, 5.41) is 21.9. The van der Waals surface area contributed by atoms with Crippen LogP contribution in [0.5, 0.6) is 0 Å². The molecule has 1 aliphatic rings. The third-order valence-electron chi connectivity index (χ3n) is 3.12. The number of hydrogen-bond acceptors (Lipinski definition) is 6. The molecule has 1 aromatic carbocycles. The van der Waals surface area contributed by atoms with E-state index in [0.29, 0.717) is 23.1 Å². The highest BCUT2D eigenvalue weighted by atomic mass is 19.4. The third-order valence-corrected chi connectivity index (χ3v) is 3.12. The predicted molar refractivity (Wildman–Crippen MR) is 73.6 cm³/mol. The summed E-state index contributed by atoms with van der Waals surface area (Å²) >= 11 is 0. The topological polar surface area (TPSA) is 113 Å². The van der Waals surface area contributed by atoms with Crippen LogP contribution in [0.25, 0.3) is 0 Å². The van der Waals surface area contributed by atoms with Gasteiger partial charge in [-0.05, 0) is 12.1 Å². The second-order valence-corrected chi connectivity index (χ2v) is 4.69. The molecule has 1 aromatic rings. The maximum absolute atomic E-state index is 12.7. The number of nitrogens with one attached hydrogen (secondary N) is 1. The van der Waals surface area contributed by atoms with E-state index in [4.69, 9.17) is 5.11 Å². The Morgan fingerprint density at radius 3 is 2.50 bits per heavy atom. The van der Waals surface area contributed by atoms with E-state index in [9.17, 15) is 32.9 Å². The molecule has 0 saturated heterocycles. The van der Waals surface area contributed by atoms with Crippen LogP contribution >= 0.6 is 0 Å². The van der Waals surface area contributed by atoms with Gasteiger partial charge in [-0.25, -0.2) is 0 Å². The van der Waals surface area contributed by atoms with Crippen molar-refractivity contribution in [2.24, 2.45) is 0 Å². The van der Waals surface area contributed by atoms with Crippen molar-refractivity contribution in [2.75, 3.05) is 18.5 Å². The number of hydrogen-bond donors (Lipinski definition) is 2. The monoisotopic (exact) mass is 345 g/mol. The number of anilines is 1. The van der Waals surface area contributed by atoms with E-state index in [1.54, 1.807) is 0 Å². The minimum Gasteiger partial charge on any atom is -0.395 e. The minimum atomic E-state index is -4.74. The van der Waals surface area contributed by atoms with Crippen LogP contribution < -0.4 is 5.32 Å². The number of aliphatic hydroxyl groups is 1. The number of carbonyl (C=O) groups excluding carboxylic acids is 2. The molecule has 1 aliphatic heterocycles. The van der Waals surface area contributed by atoms with Gasteiger partial charge in [0.2, 0.25) is 0 Å². The maximum Gasteiger partial charge on any atom is 0.416 e. The van der Waals surface area contributed by atoms with E-state index in [1.165, 1.54) is 0 Å². The van der Waals surface area contributed by atoms with Gasteiger partial charge in [-0.2, -0.15) is 13.2 Å². The molecule has 0 unspecified atom stereocenters. The molecule has 0 radical (unpaired) electrons. The predicted octanol–water partition coefficient (Wildman–Crippen LogP) is 1.27. The molecule has 0 saturated carbocycles. The van der Waals surface area contributed by atoms with Crippen LogP contribution in [0.3, 0.4) is 0 Å². The fourth-order valence-electron chi connectivity index (χ4n) is 2.03. The molecular formula is C13H10F3N3O5. The maximum atomic E-state index is 12.7. The van der Waals surface area contributed by atoms with Crippen LogP contribution in [-0.4, -0.2) is 39.9 Å². The Balaban J connectivity index is 2.38. The van der Waals surface area contributed by atoms with Gasteiger partial charge in [0.05, 0.1) is 23.6 Å². The van der Waals surface area contributed by atoms with Crippen molar-refractivity contribution in [3.63, 3.8) is 0 Å². The highest BCUT2D eigenvalue weighted by Crippen LogP contribution is 2.35. The highest BCUT2D eigenvalue weighted by molar-refractivity contribution is 6.17. The van der Waals surface area contributed by atoms with Gasteiger partial charge in [-0.1, -0.05) is 0 Å². The molecule has 11 heteroatoms. The average Bonchev–Trinajstić information content (AvgIpc) is 2.74. The van der Waals surface area contributed by atoms with E-state index in [0.717, 1.165) is 6.08 Å². The first kappa shape index (κ1) is 17.4. The molecule has 128 valence electrons. The fourth-order valence-corrected chi connectivity index (χ4v) is 2.03. The van der Waals surface area contributed by atoms with Crippen LogP contribution in [0.15, 0.2) is 30.0 Å². The number of halogens is 3. The molecule has 2 amide bonds. The molecular weight excluding hydrogens is 335 g/mol. The number of imide groups is 1. The largest absolute Gasteiger partial charge is 0.416 e. The van der Waals surface area contributed by atoms with Gasteiger partial charge < -0.3 is 10.4 Å². The van der Waals surface area contributed by atoms with Gasteiger partial charge in [-0.3, -0.25) is 24.6 Å². The fraction of sp³-hybridized carbons (Fsp3) is 0.231. The van der Waals surface area contributed by atoms with Gasteiger partial charge in [-0.15, -0.1) is 0 Å². The van der Waals surface area contributed by atoms with E-state index < -0.39 is 52.2 Å². The molecule has 24 heavy (non-hydrogen) atoms. The van der Waals surface area contributed by atoms with Crippen molar-refractivity contribution in [3.05, 3.63) is 45.6 Å². The first-order chi connectivity index (χ1) is 11.1. The number of amides is 2. The first-order valence-electron chi connectivity index (χ1n) is 6.46. The Bertz CT molecular complexity index is 745. The number of nitrogens with zero attached hydrogens (tertiary/aromatic N) is 2. The number of carbonyl (C=O) groups is 2. The Labute approximate surface area is 132 Å². The van der Waals surface area contributed by atoms with E-state index >= 15 is 0 Å².